The number of nitrogens with two attached hydrogens (primary N) is 1. The van der Waals surface area contributed by atoms with Gasteiger partial charge < -0.3 is 10.3 Å². The summed E-state index contributed by atoms with van der Waals surface area (Å²) in [6.07, 6.45) is 4.61. The summed E-state index contributed by atoms with van der Waals surface area (Å²) in [4.78, 5) is 4.82. The second-order valence-electron chi connectivity index (χ2n) is 6.29. The zero-order valence-corrected chi connectivity index (χ0v) is 13.8. The number of imidazole rings is 1. The van der Waals surface area contributed by atoms with Crippen LogP contribution in [0.15, 0.2) is 18.2 Å². The fourth-order valence-corrected chi connectivity index (χ4v) is 2.95. The molecule has 2 aromatic rings. The molecule has 0 amide bonds. The standard InChI is InChI=1S/C16H25N3S/c1-16(2,3)15-18-13-11-12(17)7-8-14(13)19(15)9-5-6-10-20-4/h7-8,11H,5-6,9-10,17H2,1-4H3. The van der Waals surface area contributed by atoms with Gasteiger partial charge in [-0.05, 0) is 43.0 Å². The Morgan fingerprint density at radius 1 is 1.25 bits per heavy atom. The molecule has 0 bridgehead atoms. The first-order valence-electron chi connectivity index (χ1n) is 7.18. The summed E-state index contributed by atoms with van der Waals surface area (Å²) >= 11 is 1.91. The molecule has 110 valence electrons. The molecule has 0 radical (unpaired) electrons. The van der Waals surface area contributed by atoms with E-state index in [9.17, 15) is 0 Å². The number of rotatable bonds is 5. The number of thioether (sulfide) groups is 1. The van der Waals surface area contributed by atoms with Gasteiger partial charge in [0.05, 0.1) is 11.0 Å². The quantitative estimate of drug-likeness (QED) is 0.667. The third kappa shape index (κ3) is 3.29. The Balaban J connectivity index is 2.37. The molecular weight excluding hydrogens is 266 g/mol. The lowest BCUT2D eigenvalue weighted by Gasteiger charge is -2.20. The Morgan fingerprint density at radius 3 is 2.65 bits per heavy atom. The summed E-state index contributed by atoms with van der Waals surface area (Å²) in [6.45, 7) is 7.69. The van der Waals surface area contributed by atoms with Crippen molar-refractivity contribution in [3.8, 4) is 0 Å². The maximum absolute atomic E-state index is 5.88. The fraction of sp³-hybridized carbons (Fsp3) is 0.562. The fourth-order valence-electron chi connectivity index (χ4n) is 2.46. The van der Waals surface area contributed by atoms with Crippen LogP contribution >= 0.6 is 11.8 Å². The van der Waals surface area contributed by atoms with Gasteiger partial charge in [0, 0.05) is 17.6 Å². The molecule has 0 aliphatic carbocycles. The van der Waals surface area contributed by atoms with Gasteiger partial charge in [0.1, 0.15) is 5.82 Å². The molecular formula is C16H25N3S. The summed E-state index contributed by atoms with van der Waals surface area (Å²) in [5, 5.41) is 0. The molecule has 0 fully saturated rings. The van der Waals surface area contributed by atoms with Crippen molar-refractivity contribution in [2.75, 3.05) is 17.7 Å². The number of anilines is 1. The monoisotopic (exact) mass is 291 g/mol. The molecule has 1 heterocycles. The van der Waals surface area contributed by atoms with Gasteiger partial charge in [-0.3, -0.25) is 0 Å². The first-order chi connectivity index (χ1) is 9.43. The van der Waals surface area contributed by atoms with Crippen LogP contribution in [0.1, 0.15) is 39.4 Å². The third-order valence-electron chi connectivity index (χ3n) is 3.42. The summed E-state index contributed by atoms with van der Waals surface area (Å²) in [7, 11) is 0. The first-order valence-corrected chi connectivity index (χ1v) is 8.58. The summed E-state index contributed by atoms with van der Waals surface area (Å²) in [5.41, 5.74) is 8.93. The molecule has 1 aromatic carbocycles. The van der Waals surface area contributed by atoms with Crippen LogP contribution in [-0.2, 0) is 12.0 Å². The lowest BCUT2D eigenvalue weighted by atomic mass is 9.95. The zero-order valence-electron chi connectivity index (χ0n) is 12.9. The molecule has 20 heavy (non-hydrogen) atoms. The average Bonchev–Trinajstić information content (AvgIpc) is 2.72. The van der Waals surface area contributed by atoms with Crippen molar-refractivity contribution in [3.05, 3.63) is 24.0 Å². The smallest absolute Gasteiger partial charge is 0.115 e. The van der Waals surface area contributed by atoms with Gasteiger partial charge in [-0.25, -0.2) is 4.98 Å². The van der Waals surface area contributed by atoms with E-state index < -0.39 is 0 Å². The minimum atomic E-state index is 0.0489. The van der Waals surface area contributed by atoms with Gasteiger partial charge in [0.25, 0.3) is 0 Å². The SMILES string of the molecule is CSCCCCn1c(C(C)(C)C)nc2cc(N)ccc21. The first kappa shape index (κ1) is 15.2. The number of aryl methyl sites for hydroxylation is 1. The normalized spacial score (nSPS) is 12.2. The highest BCUT2D eigenvalue weighted by Crippen LogP contribution is 2.27. The minimum absolute atomic E-state index is 0.0489. The van der Waals surface area contributed by atoms with E-state index in [-0.39, 0.29) is 5.41 Å². The van der Waals surface area contributed by atoms with Crippen molar-refractivity contribution < 1.29 is 0 Å². The molecule has 2 rings (SSSR count). The van der Waals surface area contributed by atoms with Crippen molar-refractivity contribution >= 4 is 28.5 Å². The van der Waals surface area contributed by atoms with E-state index >= 15 is 0 Å². The van der Waals surface area contributed by atoms with Gasteiger partial charge in [0.15, 0.2) is 0 Å². The van der Waals surface area contributed by atoms with Crippen LogP contribution in [0.3, 0.4) is 0 Å². The van der Waals surface area contributed by atoms with E-state index in [1.165, 1.54) is 24.1 Å². The van der Waals surface area contributed by atoms with E-state index in [1.807, 2.05) is 23.9 Å². The van der Waals surface area contributed by atoms with Crippen molar-refractivity contribution in [3.63, 3.8) is 0 Å². The van der Waals surface area contributed by atoms with Crippen LogP contribution in [0.4, 0.5) is 5.69 Å². The molecule has 0 atom stereocenters. The molecule has 1 aromatic heterocycles. The molecule has 0 saturated heterocycles. The lowest BCUT2D eigenvalue weighted by molar-refractivity contribution is 0.495. The highest BCUT2D eigenvalue weighted by atomic mass is 32.2. The van der Waals surface area contributed by atoms with Crippen LogP contribution < -0.4 is 5.73 Å². The van der Waals surface area contributed by atoms with Crippen LogP contribution in [0.25, 0.3) is 11.0 Å². The van der Waals surface area contributed by atoms with Crippen LogP contribution in [-0.4, -0.2) is 21.6 Å². The molecule has 0 saturated carbocycles. The Kier molecular flexibility index (Phi) is 4.63. The predicted molar refractivity (Wildman–Crippen MR) is 90.5 cm³/mol. The van der Waals surface area contributed by atoms with Crippen LogP contribution in [0.2, 0.25) is 0 Å². The highest BCUT2D eigenvalue weighted by molar-refractivity contribution is 7.98. The number of unbranched alkanes of at least 4 members (excludes halogenated alkanes) is 1. The maximum Gasteiger partial charge on any atom is 0.115 e. The Labute approximate surface area is 125 Å². The van der Waals surface area contributed by atoms with Gasteiger partial charge in [-0.1, -0.05) is 20.8 Å². The average molecular weight is 291 g/mol. The summed E-state index contributed by atoms with van der Waals surface area (Å²) in [6, 6.07) is 6.04. The lowest BCUT2D eigenvalue weighted by Crippen LogP contribution is -2.19. The number of hydrogen-bond donors (Lipinski definition) is 1. The predicted octanol–water partition coefficient (Wildman–Crippen LogP) is 4.06. The number of nitrogen functional groups attached to an aromatic ring is 1. The summed E-state index contributed by atoms with van der Waals surface area (Å²) < 4.78 is 2.37. The van der Waals surface area contributed by atoms with Crippen molar-refractivity contribution in [1.29, 1.82) is 0 Å². The third-order valence-corrected chi connectivity index (χ3v) is 4.12. The zero-order chi connectivity index (χ0) is 14.8. The van der Waals surface area contributed by atoms with E-state index in [2.05, 4.69) is 37.7 Å². The second-order valence-corrected chi connectivity index (χ2v) is 7.27. The Bertz CT molecular complexity index is 581. The van der Waals surface area contributed by atoms with Crippen molar-refractivity contribution in [2.24, 2.45) is 0 Å². The van der Waals surface area contributed by atoms with Crippen LogP contribution in [0, 0.1) is 0 Å². The Hall–Kier alpha value is -1.16. The number of aromatic nitrogens is 2. The van der Waals surface area contributed by atoms with Crippen molar-refractivity contribution in [1.82, 2.24) is 9.55 Å². The molecule has 3 nitrogen and oxygen atoms in total. The van der Waals surface area contributed by atoms with Gasteiger partial charge in [-0.2, -0.15) is 11.8 Å². The molecule has 4 heteroatoms. The van der Waals surface area contributed by atoms with Gasteiger partial charge >= 0.3 is 0 Å². The number of nitrogens with zero attached hydrogens (tertiary/aromatic N) is 2. The number of benzene rings is 1. The summed E-state index contributed by atoms with van der Waals surface area (Å²) in [5.74, 6) is 2.38. The van der Waals surface area contributed by atoms with E-state index in [4.69, 9.17) is 10.7 Å². The number of hydrogen-bond acceptors (Lipinski definition) is 3. The van der Waals surface area contributed by atoms with Gasteiger partial charge in [0.2, 0.25) is 0 Å². The second kappa shape index (κ2) is 6.08. The van der Waals surface area contributed by atoms with E-state index in [0.29, 0.717) is 0 Å². The largest absolute Gasteiger partial charge is 0.399 e. The molecule has 0 spiro atoms. The van der Waals surface area contributed by atoms with Crippen molar-refractivity contribution in [2.45, 2.75) is 45.6 Å². The maximum atomic E-state index is 5.88. The molecule has 0 aliphatic heterocycles. The molecule has 0 aliphatic rings. The van der Waals surface area contributed by atoms with E-state index in [1.54, 1.807) is 0 Å². The van der Waals surface area contributed by atoms with E-state index in [0.717, 1.165) is 23.6 Å². The topological polar surface area (TPSA) is 43.8 Å². The Morgan fingerprint density at radius 2 is 2.00 bits per heavy atom. The number of fused-ring (bicyclic) bond motifs is 1. The van der Waals surface area contributed by atoms with Gasteiger partial charge in [-0.15, -0.1) is 0 Å². The van der Waals surface area contributed by atoms with Crippen LogP contribution in [0.5, 0.6) is 0 Å². The highest BCUT2D eigenvalue weighted by Gasteiger charge is 2.22. The minimum Gasteiger partial charge on any atom is -0.399 e. The molecule has 0 unspecified atom stereocenters. The molecule has 2 N–H and O–H groups in total.